The predicted octanol–water partition coefficient (Wildman–Crippen LogP) is 4.37. The summed E-state index contributed by atoms with van der Waals surface area (Å²) in [5.74, 6) is 0.956. The molecule has 29 heavy (non-hydrogen) atoms. The monoisotopic (exact) mass is 397 g/mol. The van der Waals surface area contributed by atoms with Crippen LogP contribution in [-0.4, -0.2) is 40.6 Å². The van der Waals surface area contributed by atoms with E-state index in [1.54, 1.807) is 18.1 Å². The Morgan fingerprint density at radius 1 is 1.24 bits per heavy atom. The van der Waals surface area contributed by atoms with Crippen molar-refractivity contribution in [2.75, 3.05) is 13.7 Å². The van der Waals surface area contributed by atoms with Crippen LogP contribution in [-0.2, 0) is 6.42 Å². The van der Waals surface area contributed by atoms with Crippen molar-refractivity contribution in [2.45, 2.75) is 32.7 Å². The van der Waals surface area contributed by atoms with Gasteiger partial charge >= 0.3 is 0 Å². The van der Waals surface area contributed by atoms with E-state index < -0.39 is 5.82 Å². The number of nitrogens with zero attached hydrogens (tertiary/aromatic N) is 3. The van der Waals surface area contributed by atoms with Gasteiger partial charge in [0.15, 0.2) is 0 Å². The molecule has 0 fully saturated rings. The molecule has 2 aromatic carbocycles. The van der Waals surface area contributed by atoms with Crippen molar-refractivity contribution < 1.29 is 18.4 Å². The Morgan fingerprint density at radius 2 is 2.03 bits per heavy atom. The molecule has 1 amide bonds. The summed E-state index contributed by atoms with van der Waals surface area (Å²) < 4.78 is 24.1. The lowest BCUT2D eigenvalue weighted by Crippen LogP contribution is -2.39. The van der Waals surface area contributed by atoms with Gasteiger partial charge in [0, 0.05) is 30.1 Å². The molecule has 0 saturated carbocycles. The first-order valence-electron chi connectivity index (χ1n) is 9.55. The second-order valence-electron chi connectivity index (χ2n) is 6.76. The highest BCUT2D eigenvalue weighted by Crippen LogP contribution is 2.21. The van der Waals surface area contributed by atoms with E-state index in [0.29, 0.717) is 36.0 Å². The molecule has 0 aliphatic heterocycles. The Bertz CT molecular complexity index is 973. The fourth-order valence-electron chi connectivity index (χ4n) is 2.98. The highest BCUT2D eigenvalue weighted by Gasteiger charge is 2.22. The van der Waals surface area contributed by atoms with Gasteiger partial charge in [0.1, 0.15) is 11.6 Å². The van der Waals surface area contributed by atoms with Gasteiger partial charge in [-0.25, -0.2) is 4.39 Å². The number of ether oxygens (including phenoxy) is 1. The van der Waals surface area contributed by atoms with Crippen molar-refractivity contribution in [3.05, 3.63) is 65.8 Å². The van der Waals surface area contributed by atoms with E-state index >= 15 is 0 Å². The smallest absolute Gasteiger partial charge is 0.254 e. The van der Waals surface area contributed by atoms with Gasteiger partial charge < -0.3 is 14.2 Å². The lowest BCUT2D eigenvalue weighted by atomic mass is 10.1. The molecule has 1 aromatic heterocycles. The maximum Gasteiger partial charge on any atom is 0.254 e. The lowest BCUT2D eigenvalue weighted by Gasteiger charge is -2.28. The van der Waals surface area contributed by atoms with E-state index in [1.807, 2.05) is 38.1 Å². The summed E-state index contributed by atoms with van der Waals surface area (Å²) in [5, 5.41) is 4.02. The fraction of sp³-hybridized carbons (Fsp3) is 0.318. The maximum absolute atomic E-state index is 13.5. The summed E-state index contributed by atoms with van der Waals surface area (Å²) in [6, 6.07) is 13.1. The average molecular weight is 397 g/mol. The normalized spacial score (nSPS) is 11.9. The molecule has 0 N–H and O–H groups in total. The minimum atomic E-state index is -0.431. The van der Waals surface area contributed by atoms with Gasteiger partial charge in [0.25, 0.3) is 5.91 Å². The van der Waals surface area contributed by atoms with E-state index in [0.717, 1.165) is 12.0 Å². The van der Waals surface area contributed by atoms with Crippen LogP contribution in [0.25, 0.3) is 11.4 Å². The Hall–Kier alpha value is -3.22. The molecule has 0 unspecified atom stereocenters. The number of amides is 1. The molecule has 0 bridgehead atoms. The molecule has 0 spiro atoms. The third kappa shape index (κ3) is 4.99. The highest BCUT2D eigenvalue weighted by molar-refractivity contribution is 5.94. The van der Waals surface area contributed by atoms with Crippen LogP contribution < -0.4 is 4.74 Å². The SMILES string of the molecule is CC[C@@H](C)N(CCc1nc(-c2cccc(OC)c2)no1)C(=O)c1cccc(F)c1. The minimum Gasteiger partial charge on any atom is -0.497 e. The first kappa shape index (κ1) is 20.5. The molecular weight excluding hydrogens is 373 g/mol. The van der Waals surface area contributed by atoms with Gasteiger partial charge in [0.05, 0.1) is 7.11 Å². The number of halogens is 1. The van der Waals surface area contributed by atoms with Crippen molar-refractivity contribution in [3.63, 3.8) is 0 Å². The van der Waals surface area contributed by atoms with Gasteiger partial charge in [-0.3, -0.25) is 4.79 Å². The average Bonchev–Trinajstić information content (AvgIpc) is 3.22. The van der Waals surface area contributed by atoms with Gasteiger partial charge in [0.2, 0.25) is 11.7 Å². The molecule has 0 aliphatic rings. The molecule has 3 aromatic rings. The fourth-order valence-corrected chi connectivity index (χ4v) is 2.98. The van der Waals surface area contributed by atoms with E-state index in [-0.39, 0.29) is 11.9 Å². The topological polar surface area (TPSA) is 68.5 Å². The zero-order chi connectivity index (χ0) is 20.8. The van der Waals surface area contributed by atoms with Crippen molar-refractivity contribution >= 4 is 5.91 Å². The number of carbonyl (C=O) groups excluding carboxylic acids is 1. The Labute approximate surface area is 169 Å². The molecule has 1 heterocycles. The Balaban J connectivity index is 1.73. The number of benzene rings is 2. The third-order valence-corrected chi connectivity index (χ3v) is 4.82. The summed E-state index contributed by atoms with van der Waals surface area (Å²) in [4.78, 5) is 19.0. The second kappa shape index (κ2) is 9.32. The van der Waals surface area contributed by atoms with Crippen molar-refractivity contribution in [2.24, 2.45) is 0 Å². The summed E-state index contributed by atoms with van der Waals surface area (Å²) in [6.45, 7) is 4.36. The molecule has 0 aliphatic carbocycles. The summed E-state index contributed by atoms with van der Waals surface area (Å²) >= 11 is 0. The molecule has 7 heteroatoms. The van der Waals surface area contributed by atoms with Crippen molar-refractivity contribution in [1.29, 1.82) is 0 Å². The van der Waals surface area contributed by atoms with E-state index in [1.165, 1.54) is 18.2 Å². The van der Waals surface area contributed by atoms with Crippen LogP contribution in [0.5, 0.6) is 5.75 Å². The summed E-state index contributed by atoms with van der Waals surface area (Å²) in [5.41, 5.74) is 1.11. The Kier molecular flexibility index (Phi) is 6.59. The van der Waals surface area contributed by atoms with Gasteiger partial charge in [-0.05, 0) is 43.7 Å². The lowest BCUT2D eigenvalue weighted by molar-refractivity contribution is 0.0686. The minimum absolute atomic E-state index is 0.00783. The highest BCUT2D eigenvalue weighted by atomic mass is 19.1. The summed E-state index contributed by atoms with van der Waals surface area (Å²) in [6.07, 6.45) is 1.18. The van der Waals surface area contributed by atoms with Crippen molar-refractivity contribution in [1.82, 2.24) is 15.0 Å². The van der Waals surface area contributed by atoms with Crippen LogP contribution in [0.15, 0.2) is 53.1 Å². The number of rotatable bonds is 8. The van der Waals surface area contributed by atoms with Crippen LogP contribution >= 0.6 is 0 Å². The van der Waals surface area contributed by atoms with E-state index in [4.69, 9.17) is 9.26 Å². The predicted molar refractivity (Wildman–Crippen MR) is 107 cm³/mol. The van der Waals surface area contributed by atoms with Gasteiger partial charge in [-0.15, -0.1) is 0 Å². The van der Waals surface area contributed by atoms with E-state index in [2.05, 4.69) is 10.1 Å². The Morgan fingerprint density at radius 3 is 2.76 bits per heavy atom. The zero-order valence-electron chi connectivity index (χ0n) is 16.8. The standard InChI is InChI=1S/C22H24FN3O3/c1-4-15(2)26(22(27)17-8-5-9-18(23)13-17)12-11-20-24-21(25-29-20)16-7-6-10-19(14-16)28-3/h5-10,13-15H,4,11-12H2,1-3H3/t15-/m1/s1. The molecule has 3 rings (SSSR count). The molecule has 152 valence electrons. The summed E-state index contributed by atoms with van der Waals surface area (Å²) in [7, 11) is 1.60. The van der Waals surface area contributed by atoms with Crippen LogP contribution in [0.2, 0.25) is 0 Å². The van der Waals surface area contributed by atoms with E-state index in [9.17, 15) is 9.18 Å². The van der Waals surface area contributed by atoms with Gasteiger partial charge in [-0.2, -0.15) is 4.98 Å². The molecule has 0 saturated heterocycles. The second-order valence-corrected chi connectivity index (χ2v) is 6.76. The zero-order valence-corrected chi connectivity index (χ0v) is 16.8. The number of aromatic nitrogens is 2. The maximum atomic E-state index is 13.5. The number of carbonyl (C=O) groups is 1. The molecule has 1 atom stereocenters. The first-order chi connectivity index (χ1) is 14.0. The largest absolute Gasteiger partial charge is 0.497 e. The van der Waals surface area contributed by atoms with Crippen LogP contribution in [0.4, 0.5) is 4.39 Å². The van der Waals surface area contributed by atoms with Crippen LogP contribution in [0.1, 0.15) is 36.5 Å². The molecule has 0 radical (unpaired) electrons. The first-order valence-corrected chi connectivity index (χ1v) is 9.55. The van der Waals surface area contributed by atoms with Crippen LogP contribution in [0.3, 0.4) is 0 Å². The van der Waals surface area contributed by atoms with Crippen LogP contribution in [0, 0.1) is 5.82 Å². The molecular formula is C22H24FN3O3. The van der Waals surface area contributed by atoms with Crippen molar-refractivity contribution in [3.8, 4) is 17.1 Å². The number of hydrogen-bond acceptors (Lipinski definition) is 5. The third-order valence-electron chi connectivity index (χ3n) is 4.82. The number of methoxy groups -OCH3 is 1. The number of hydrogen-bond donors (Lipinski definition) is 0. The van der Waals surface area contributed by atoms with Gasteiger partial charge in [-0.1, -0.05) is 30.3 Å². The molecule has 6 nitrogen and oxygen atoms in total. The quantitative estimate of drug-likeness (QED) is 0.565.